The monoisotopic (exact) mass is 247 g/mol. The van der Waals surface area contributed by atoms with E-state index in [1.165, 1.54) is 0 Å². The highest BCUT2D eigenvalue weighted by Crippen LogP contribution is 2.25. The molecule has 5 heteroatoms. The van der Waals surface area contributed by atoms with Crippen LogP contribution in [-0.4, -0.2) is 24.4 Å². The Kier molecular flexibility index (Phi) is 3.62. The van der Waals surface area contributed by atoms with Gasteiger partial charge in [0.1, 0.15) is 0 Å². The zero-order valence-electron chi connectivity index (χ0n) is 10.3. The molecule has 18 heavy (non-hydrogen) atoms. The van der Waals surface area contributed by atoms with E-state index in [9.17, 15) is 9.59 Å². The molecule has 2 rings (SSSR count). The molecule has 1 aliphatic rings. The second-order valence-electron chi connectivity index (χ2n) is 4.61. The van der Waals surface area contributed by atoms with Gasteiger partial charge in [0.15, 0.2) is 0 Å². The van der Waals surface area contributed by atoms with Gasteiger partial charge in [-0.3, -0.25) is 9.59 Å². The molecule has 0 radical (unpaired) electrons. The molecule has 0 spiro atoms. The highest BCUT2D eigenvalue weighted by Gasteiger charge is 2.23. The maximum atomic E-state index is 11.5. The van der Waals surface area contributed by atoms with Crippen LogP contribution in [0.1, 0.15) is 24.8 Å². The molecule has 0 bridgehead atoms. The fraction of sp³-hybridized carbons (Fsp3) is 0.385. The van der Waals surface area contributed by atoms with Crippen molar-refractivity contribution in [1.29, 1.82) is 0 Å². The summed E-state index contributed by atoms with van der Waals surface area (Å²) >= 11 is 0. The summed E-state index contributed by atoms with van der Waals surface area (Å²) in [6.45, 7) is 2.29. The van der Waals surface area contributed by atoms with Gasteiger partial charge in [-0.15, -0.1) is 0 Å². The Labute approximate surface area is 106 Å². The van der Waals surface area contributed by atoms with Crippen molar-refractivity contribution in [2.45, 2.75) is 25.3 Å². The molecule has 2 atom stereocenters. The molecule has 2 amide bonds. The van der Waals surface area contributed by atoms with Gasteiger partial charge in [-0.05, 0) is 24.6 Å². The smallest absolute Gasteiger partial charge is 0.240 e. The van der Waals surface area contributed by atoms with Crippen LogP contribution in [0.5, 0.6) is 0 Å². The minimum atomic E-state index is -0.539. The minimum Gasteiger partial charge on any atom is -0.355 e. The summed E-state index contributed by atoms with van der Waals surface area (Å²) in [7, 11) is 0. The summed E-state index contributed by atoms with van der Waals surface area (Å²) in [4.78, 5) is 22.7. The molecule has 96 valence electrons. The number of nitrogens with one attached hydrogen (secondary N) is 2. The van der Waals surface area contributed by atoms with Crippen molar-refractivity contribution in [3.63, 3.8) is 0 Å². The van der Waals surface area contributed by atoms with E-state index in [4.69, 9.17) is 5.73 Å². The normalized spacial score (nSPS) is 20.3. The van der Waals surface area contributed by atoms with Crippen molar-refractivity contribution in [1.82, 2.24) is 5.32 Å². The van der Waals surface area contributed by atoms with E-state index in [1.807, 2.05) is 24.3 Å². The first-order chi connectivity index (χ1) is 8.56. The van der Waals surface area contributed by atoms with E-state index in [2.05, 4.69) is 10.6 Å². The van der Waals surface area contributed by atoms with E-state index in [1.54, 1.807) is 6.92 Å². The summed E-state index contributed by atoms with van der Waals surface area (Å²) in [6.07, 6.45) is 0.505. The molecule has 1 fully saturated rings. The molecule has 1 saturated heterocycles. The maximum Gasteiger partial charge on any atom is 0.240 e. The average Bonchev–Trinajstić information content (AvgIpc) is 2.76. The van der Waals surface area contributed by atoms with E-state index in [0.29, 0.717) is 18.7 Å². The Morgan fingerprint density at radius 3 is 2.94 bits per heavy atom. The third-order valence-electron chi connectivity index (χ3n) is 3.02. The van der Waals surface area contributed by atoms with E-state index in [-0.39, 0.29) is 17.7 Å². The highest BCUT2D eigenvalue weighted by atomic mass is 16.2. The predicted molar refractivity (Wildman–Crippen MR) is 69.1 cm³/mol. The van der Waals surface area contributed by atoms with Gasteiger partial charge in [-0.1, -0.05) is 12.1 Å². The molecule has 1 aromatic rings. The molecular weight excluding hydrogens is 230 g/mol. The Morgan fingerprint density at radius 2 is 2.33 bits per heavy atom. The SMILES string of the molecule is C[C@@H](N)C(=O)Nc1cccc(C2CNC(=O)C2)c1. The first-order valence-corrected chi connectivity index (χ1v) is 5.99. The molecule has 4 N–H and O–H groups in total. The number of anilines is 1. The van der Waals surface area contributed by atoms with Crippen LogP contribution in [0.2, 0.25) is 0 Å². The van der Waals surface area contributed by atoms with E-state index in [0.717, 1.165) is 5.56 Å². The summed E-state index contributed by atoms with van der Waals surface area (Å²) in [6, 6.07) is 7.00. The number of hydrogen-bond donors (Lipinski definition) is 3. The summed E-state index contributed by atoms with van der Waals surface area (Å²) < 4.78 is 0. The van der Waals surface area contributed by atoms with Crippen LogP contribution < -0.4 is 16.4 Å². The number of amides is 2. The van der Waals surface area contributed by atoms with Crippen LogP contribution in [-0.2, 0) is 9.59 Å². The van der Waals surface area contributed by atoms with Crippen molar-refractivity contribution in [2.24, 2.45) is 5.73 Å². The number of carbonyl (C=O) groups excluding carboxylic acids is 2. The van der Waals surface area contributed by atoms with Crippen LogP contribution in [0.4, 0.5) is 5.69 Å². The van der Waals surface area contributed by atoms with Crippen LogP contribution in [0.3, 0.4) is 0 Å². The lowest BCUT2D eigenvalue weighted by atomic mass is 9.98. The van der Waals surface area contributed by atoms with Gasteiger partial charge in [0.25, 0.3) is 0 Å². The van der Waals surface area contributed by atoms with Gasteiger partial charge in [-0.2, -0.15) is 0 Å². The van der Waals surface area contributed by atoms with Crippen molar-refractivity contribution in [2.75, 3.05) is 11.9 Å². The maximum absolute atomic E-state index is 11.5. The highest BCUT2D eigenvalue weighted by molar-refractivity contribution is 5.94. The lowest BCUT2D eigenvalue weighted by Crippen LogP contribution is -2.32. The Morgan fingerprint density at radius 1 is 1.56 bits per heavy atom. The molecule has 1 aliphatic heterocycles. The molecule has 1 aromatic carbocycles. The number of carbonyl (C=O) groups is 2. The zero-order chi connectivity index (χ0) is 13.1. The zero-order valence-corrected chi connectivity index (χ0v) is 10.3. The lowest BCUT2D eigenvalue weighted by molar-refractivity contribution is -0.119. The van der Waals surface area contributed by atoms with Gasteiger partial charge in [-0.25, -0.2) is 0 Å². The number of benzene rings is 1. The molecule has 0 aliphatic carbocycles. The number of rotatable bonds is 3. The summed E-state index contributed by atoms with van der Waals surface area (Å²) in [5.74, 6) is 0.0439. The Hall–Kier alpha value is -1.88. The van der Waals surface area contributed by atoms with Crippen molar-refractivity contribution in [3.05, 3.63) is 29.8 Å². The second kappa shape index (κ2) is 5.18. The molecular formula is C13H17N3O2. The van der Waals surface area contributed by atoms with Crippen LogP contribution in [0, 0.1) is 0 Å². The van der Waals surface area contributed by atoms with Gasteiger partial charge < -0.3 is 16.4 Å². The average molecular weight is 247 g/mol. The van der Waals surface area contributed by atoms with Crippen LogP contribution in [0.15, 0.2) is 24.3 Å². The first kappa shape index (κ1) is 12.6. The molecule has 0 saturated carbocycles. The van der Waals surface area contributed by atoms with E-state index >= 15 is 0 Å². The third-order valence-corrected chi connectivity index (χ3v) is 3.02. The van der Waals surface area contributed by atoms with E-state index < -0.39 is 6.04 Å². The quantitative estimate of drug-likeness (QED) is 0.730. The molecule has 1 unspecified atom stereocenters. The summed E-state index contributed by atoms with van der Waals surface area (Å²) in [5.41, 5.74) is 7.26. The standard InChI is InChI=1S/C13H17N3O2/c1-8(14)13(18)16-11-4-2-3-9(5-11)10-6-12(17)15-7-10/h2-5,8,10H,6-7,14H2,1H3,(H,15,17)(H,16,18)/t8-,10?/m1/s1. The number of nitrogens with two attached hydrogens (primary N) is 1. The third kappa shape index (κ3) is 2.87. The minimum absolute atomic E-state index is 0.0741. The van der Waals surface area contributed by atoms with Gasteiger partial charge >= 0.3 is 0 Å². The van der Waals surface area contributed by atoms with Gasteiger partial charge in [0.05, 0.1) is 6.04 Å². The fourth-order valence-corrected chi connectivity index (χ4v) is 1.97. The van der Waals surface area contributed by atoms with Crippen molar-refractivity contribution >= 4 is 17.5 Å². The van der Waals surface area contributed by atoms with Crippen molar-refractivity contribution in [3.8, 4) is 0 Å². The second-order valence-corrected chi connectivity index (χ2v) is 4.61. The lowest BCUT2D eigenvalue weighted by Gasteiger charge is -2.12. The number of hydrogen-bond acceptors (Lipinski definition) is 3. The van der Waals surface area contributed by atoms with Crippen LogP contribution in [0.25, 0.3) is 0 Å². The molecule has 0 aromatic heterocycles. The largest absolute Gasteiger partial charge is 0.355 e. The fourth-order valence-electron chi connectivity index (χ4n) is 1.97. The first-order valence-electron chi connectivity index (χ1n) is 5.99. The topological polar surface area (TPSA) is 84.2 Å². The van der Waals surface area contributed by atoms with Crippen molar-refractivity contribution < 1.29 is 9.59 Å². The predicted octanol–water partition coefficient (Wildman–Crippen LogP) is 0.576. The van der Waals surface area contributed by atoms with Gasteiger partial charge in [0, 0.05) is 24.6 Å². The van der Waals surface area contributed by atoms with Gasteiger partial charge in [0.2, 0.25) is 11.8 Å². The van der Waals surface area contributed by atoms with Crippen LogP contribution >= 0.6 is 0 Å². The molecule has 5 nitrogen and oxygen atoms in total. The Balaban J connectivity index is 2.10. The Bertz CT molecular complexity index is 471. The molecule has 1 heterocycles. The summed E-state index contributed by atoms with van der Waals surface area (Å²) in [5, 5.41) is 5.55.